The number of anilines is 1. The van der Waals surface area contributed by atoms with Crippen molar-refractivity contribution in [3.63, 3.8) is 0 Å². The van der Waals surface area contributed by atoms with Crippen molar-refractivity contribution in [3.05, 3.63) is 66.2 Å². The molecule has 0 aliphatic carbocycles. The van der Waals surface area contributed by atoms with Gasteiger partial charge in [0.1, 0.15) is 0 Å². The minimum absolute atomic E-state index is 0.890. The number of thioether (sulfide) groups is 1. The average Bonchev–Trinajstić information content (AvgIpc) is 2.74. The van der Waals surface area contributed by atoms with Crippen molar-refractivity contribution in [3.8, 4) is 0 Å². The van der Waals surface area contributed by atoms with Gasteiger partial charge in [0.2, 0.25) is 0 Å². The SMILES string of the molecule is c1ccc(CSCCCN(CCCN2CCOCC2)c2ccccc2)cc1. The number of para-hydroxylation sites is 1. The number of morpholine rings is 1. The molecule has 2 aromatic carbocycles. The van der Waals surface area contributed by atoms with E-state index in [1.807, 2.05) is 11.8 Å². The standard InChI is InChI=1S/C23H32N2OS/c1-3-9-22(10-4-1)21-27-20-8-15-25(23-11-5-2-6-12-23)14-7-13-24-16-18-26-19-17-24/h1-6,9-12H,7-8,13-21H2. The smallest absolute Gasteiger partial charge is 0.0594 e. The van der Waals surface area contributed by atoms with E-state index in [0.29, 0.717) is 0 Å². The lowest BCUT2D eigenvalue weighted by Crippen LogP contribution is -2.38. The molecule has 0 radical (unpaired) electrons. The summed E-state index contributed by atoms with van der Waals surface area (Å²) in [5, 5.41) is 0. The summed E-state index contributed by atoms with van der Waals surface area (Å²) in [7, 11) is 0. The van der Waals surface area contributed by atoms with Crippen LogP contribution in [0.5, 0.6) is 0 Å². The molecule has 1 aliphatic heterocycles. The van der Waals surface area contributed by atoms with Crippen LogP contribution in [0.25, 0.3) is 0 Å². The van der Waals surface area contributed by atoms with Crippen LogP contribution in [0, 0.1) is 0 Å². The minimum atomic E-state index is 0.890. The highest BCUT2D eigenvalue weighted by Crippen LogP contribution is 2.17. The number of nitrogens with zero attached hydrogens (tertiary/aromatic N) is 2. The third kappa shape index (κ3) is 7.57. The summed E-state index contributed by atoms with van der Waals surface area (Å²) in [6.07, 6.45) is 2.44. The third-order valence-electron chi connectivity index (χ3n) is 4.96. The van der Waals surface area contributed by atoms with Gasteiger partial charge in [0, 0.05) is 44.2 Å². The van der Waals surface area contributed by atoms with E-state index in [-0.39, 0.29) is 0 Å². The Morgan fingerprint density at radius 2 is 1.52 bits per heavy atom. The first-order valence-corrected chi connectivity index (χ1v) is 11.3. The lowest BCUT2D eigenvalue weighted by atomic mass is 10.2. The van der Waals surface area contributed by atoms with Crippen LogP contribution < -0.4 is 4.90 Å². The van der Waals surface area contributed by atoms with Gasteiger partial charge in [-0.3, -0.25) is 4.90 Å². The van der Waals surface area contributed by atoms with Crippen molar-refractivity contribution in [2.75, 3.05) is 56.6 Å². The molecule has 27 heavy (non-hydrogen) atoms. The van der Waals surface area contributed by atoms with Gasteiger partial charge < -0.3 is 9.64 Å². The van der Waals surface area contributed by atoms with Gasteiger partial charge in [-0.05, 0) is 36.3 Å². The monoisotopic (exact) mass is 384 g/mol. The van der Waals surface area contributed by atoms with Gasteiger partial charge in [-0.2, -0.15) is 11.8 Å². The van der Waals surface area contributed by atoms with E-state index < -0.39 is 0 Å². The molecule has 0 spiro atoms. The number of hydrogen-bond donors (Lipinski definition) is 0. The van der Waals surface area contributed by atoms with Gasteiger partial charge in [-0.15, -0.1) is 0 Å². The molecule has 4 heteroatoms. The maximum absolute atomic E-state index is 5.45. The van der Waals surface area contributed by atoms with Crippen LogP contribution >= 0.6 is 11.8 Å². The summed E-state index contributed by atoms with van der Waals surface area (Å²) in [4.78, 5) is 5.09. The van der Waals surface area contributed by atoms with E-state index in [9.17, 15) is 0 Å². The Labute approximate surface area is 168 Å². The molecule has 146 valence electrons. The van der Waals surface area contributed by atoms with Crippen LogP contribution in [0.15, 0.2) is 60.7 Å². The van der Waals surface area contributed by atoms with Crippen LogP contribution in [-0.2, 0) is 10.5 Å². The maximum Gasteiger partial charge on any atom is 0.0594 e. The zero-order valence-corrected chi connectivity index (χ0v) is 17.1. The summed E-state index contributed by atoms with van der Waals surface area (Å²) < 4.78 is 5.45. The molecule has 0 amide bonds. The van der Waals surface area contributed by atoms with Crippen molar-refractivity contribution in [2.45, 2.75) is 18.6 Å². The molecule has 0 saturated carbocycles. The summed E-state index contributed by atoms with van der Waals surface area (Å²) in [5.74, 6) is 2.32. The summed E-state index contributed by atoms with van der Waals surface area (Å²) in [5.41, 5.74) is 2.78. The zero-order valence-electron chi connectivity index (χ0n) is 16.3. The molecular formula is C23H32N2OS. The van der Waals surface area contributed by atoms with E-state index in [0.717, 1.165) is 45.1 Å². The van der Waals surface area contributed by atoms with Crippen molar-refractivity contribution >= 4 is 17.4 Å². The molecule has 0 atom stereocenters. The normalized spacial score (nSPS) is 15.0. The van der Waals surface area contributed by atoms with Crippen LogP contribution in [0.2, 0.25) is 0 Å². The lowest BCUT2D eigenvalue weighted by molar-refractivity contribution is 0.0376. The predicted molar refractivity (Wildman–Crippen MR) is 118 cm³/mol. The van der Waals surface area contributed by atoms with Gasteiger partial charge >= 0.3 is 0 Å². The fourth-order valence-electron chi connectivity index (χ4n) is 3.44. The second kappa shape index (κ2) is 12.1. The predicted octanol–water partition coefficient (Wildman–Crippen LogP) is 4.54. The van der Waals surface area contributed by atoms with E-state index in [2.05, 4.69) is 70.5 Å². The highest BCUT2D eigenvalue weighted by atomic mass is 32.2. The number of benzene rings is 2. The Balaban J connectivity index is 1.39. The largest absolute Gasteiger partial charge is 0.379 e. The molecule has 0 aromatic heterocycles. The molecule has 0 bridgehead atoms. The Morgan fingerprint density at radius 3 is 2.26 bits per heavy atom. The quantitative estimate of drug-likeness (QED) is 0.528. The zero-order chi connectivity index (χ0) is 18.6. The molecule has 1 fully saturated rings. The fourth-order valence-corrected chi connectivity index (χ4v) is 4.35. The number of ether oxygens (including phenoxy) is 1. The molecule has 1 heterocycles. The first-order chi connectivity index (χ1) is 13.4. The molecule has 0 N–H and O–H groups in total. The summed E-state index contributed by atoms with van der Waals surface area (Å²) in [6, 6.07) is 21.7. The first kappa shape index (κ1) is 20.2. The molecule has 0 unspecified atom stereocenters. The summed E-state index contributed by atoms with van der Waals surface area (Å²) >= 11 is 2.04. The second-order valence-electron chi connectivity index (χ2n) is 7.02. The van der Waals surface area contributed by atoms with Crippen molar-refractivity contribution in [2.24, 2.45) is 0 Å². The van der Waals surface area contributed by atoms with Crippen molar-refractivity contribution in [1.29, 1.82) is 0 Å². The number of hydrogen-bond acceptors (Lipinski definition) is 4. The molecular weight excluding hydrogens is 352 g/mol. The topological polar surface area (TPSA) is 15.7 Å². The highest BCUT2D eigenvalue weighted by molar-refractivity contribution is 7.98. The maximum atomic E-state index is 5.45. The van der Waals surface area contributed by atoms with E-state index in [1.54, 1.807) is 0 Å². The van der Waals surface area contributed by atoms with Crippen LogP contribution in [0.1, 0.15) is 18.4 Å². The Bertz CT molecular complexity index is 617. The Kier molecular flexibility index (Phi) is 9.05. The molecule has 2 aromatic rings. The molecule has 3 rings (SSSR count). The summed E-state index contributed by atoms with van der Waals surface area (Å²) in [6.45, 7) is 7.39. The molecule has 1 aliphatic rings. The van der Waals surface area contributed by atoms with E-state index >= 15 is 0 Å². The second-order valence-corrected chi connectivity index (χ2v) is 8.13. The van der Waals surface area contributed by atoms with Gasteiger partial charge in [0.15, 0.2) is 0 Å². The molecule has 1 saturated heterocycles. The Hall–Kier alpha value is -1.49. The average molecular weight is 385 g/mol. The van der Waals surface area contributed by atoms with E-state index in [4.69, 9.17) is 4.74 Å². The lowest BCUT2D eigenvalue weighted by Gasteiger charge is -2.29. The fraction of sp³-hybridized carbons (Fsp3) is 0.478. The van der Waals surface area contributed by atoms with Crippen LogP contribution in [-0.4, -0.2) is 56.6 Å². The van der Waals surface area contributed by atoms with Crippen molar-refractivity contribution < 1.29 is 4.74 Å². The number of rotatable bonds is 11. The Morgan fingerprint density at radius 1 is 0.852 bits per heavy atom. The van der Waals surface area contributed by atoms with Gasteiger partial charge in [-0.25, -0.2) is 0 Å². The van der Waals surface area contributed by atoms with Crippen LogP contribution in [0.3, 0.4) is 0 Å². The first-order valence-electron chi connectivity index (χ1n) is 10.1. The minimum Gasteiger partial charge on any atom is -0.379 e. The van der Waals surface area contributed by atoms with Gasteiger partial charge in [-0.1, -0.05) is 48.5 Å². The van der Waals surface area contributed by atoms with Crippen molar-refractivity contribution in [1.82, 2.24) is 4.90 Å². The van der Waals surface area contributed by atoms with Gasteiger partial charge in [0.05, 0.1) is 13.2 Å². The van der Waals surface area contributed by atoms with Crippen LogP contribution in [0.4, 0.5) is 5.69 Å². The van der Waals surface area contributed by atoms with Gasteiger partial charge in [0.25, 0.3) is 0 Å². The highest BCUT2D eigenvalue weighted by Gasteiger charge is 2.11. The molecule has 3 nitrogen and oxygen atoms in total. The third-order valence-corrected chi connectivity index (χ3v) is 6.07. The van der Waals surface area contributed by atoms with E-state index in [1.165, 1.54) is 36.4 Å².